The fourth-order valence-corrected chi connectivity index (χ4v) is 4.70. The Balaban J connectivity index is 1.80. The first-order chi connectivity index (χ1) is 14.6. The molecule has 1 aliphatic carbocycles. The summed E-state index contributed by atoms with van der Waals surface area (Å²) in [6, 6.07) is 15.8. The summed E-state index contributed by atoms with van der Waals surface area (Å²) in [4.78, 5) is 14.7. The number of carbonyl (C=O) groups is 1. The van der Waals surface area contributed by atoms with Crippen molar-refractivity contribution in [3.8, 4) is 22.5 Å². The molecule has 162 valence electrons. The third-order valence-electron chi connectivity index (χ3n) is 6.80. The van der Waals surface area contributed by atoms with E-state index in [4.69, 9.17) is 9.84 Å². The second-order valence-electron chi connectivity index (χ2n) is 9.92. The Morgan fingerprint density at radius 3 is 2.10 bits per heavy atom. The maximum atomic E-state index is 11.1. The first-order valence-corrected chi connectivity index (χ1v) is 10.8. The van der Waals surface area contributed by atoms with Crippen LogP contribution in [0.5, 0.6) is 0 Å². The normalized spacial score (nSPS) is 16.7. The molecule has 0 saturated carbocycles. The first kappa shape index (κ1) is 21.4. The van der Waals surface area contributed by atoms with E-state index in [1.54, 1.807) is 19.2 Å². The van der Waals surface area contributed by atoms with Crippen LogP contribution in [-0.2, 0) is 22.2 Å². The Morgan fingerprint density at radius 1 is 0.935 bits per heavy atom. The van der Waals surface area contributed by atoms with Crippen molar-refractivity contribution in [3.63, 3.8) is 0 Å². The van der Waals surface area contributed by atoms with E-state index in [1.165, 1.54) is 35.1 Å². The molecule has 0 amide bonds. The van der Waals surface area contributed by atoms with Crippen molar-refractivity contribution in [2.45, 2.75) is 58.0 Å². The summed E-state index contributed by atoms with van der Waals surface area (Å²) >= 11 is 0. The van der Waals surface area contributed by atoms with E-state index >= 15 is 0 Å². The van der Waals surface area contributed by atoms with Crippen LogP contribution < -0.4 is 0 Å². The molecule has 4 nitrogen and oxygen atoms in total. The van der Waals surface area contributed by atoms with Gasteiger partial charge in [-0.1, -0.05) is 45.9 Å². The van der Waals surface area contributed by atoms with E-state index in [9.17, 15) is 4.79 Å². The van der Waals surface area contributed by atoms with Gasteiger partial charge in [0.05, 0.1) is 12.2 Å². The third kappa shape index (κ3) is 3.92. The number of hydrogen-bond donors (Lipinski definition) is 2. The molecule has 1 aliphatic rings. The zero-order chi connectivity index (χ0) is 22.4. The Labute approximate surface area is 184 Å². The van der Waals surface area contributed by atoms with Crippen LogP contribution in [-0.4, -0.2) is 23.2 Å². The highest BCUT2D eigenvalue weighted by Crippen LogP contribution is 2.47. The van der Waals surface area contributed by atoms with E-state index < -0.39 is 5.97 Å². The lowest BCUT2D eigenvalue weighted by Gasteiger charge is -2.42. The Hall–Kier alpha value is -2.85. The predicted octanol–water partition coefficient (Wildman–Crippen LogP) is 6.54. The van der Waals surface area contributed by atoms with Gasteiger partial charge in [-0.3, -0.25) is 0 Å². The SMILES string of the molecule is COCc1cc2c(cc1-c1ccc(-c3ccc(C(=O)O)cc3)[nH]1)C(C)(C)CCC2(C)C. The average molecular weight is 418 g/mol. The summed E-state index contributed by atoms with van der Waals surface area (Å²) in [5.74, 6) is -0.914. The Bertz CT molecular complexity index is 1120. The molecule has 31 heavy (non-hydrogen) atoms. The second kappa shape index (κ2) is 7.69. The molecule has 2 N–H and O–H groups in total. The molecule has 4 heteroatoms. The van der Waals surface area contributed by atoms with Crippen LogP contribution in [0.4, 0.5) is 0 Å². The number of aromatic nitrogens is 1. The van der Waals surface area contributed by atoms with Crippen LogP contribution in [0.2, 0.25) is 0 Å². The van der Waals surface area contributed by atoms with E-state index in [2.05, 4.69) is 56.9 Å². The number of carboxylic acid groups (broad SMARTS) is 1. The van der Waals surface area contributed by atoms with Crippen molar-refractivity contribution < 1.29 is 14.6 Å². The van der Waals surface area contributed by atoms with Gasteiger partial charge >= 0.3 is 5.97 Å². The molecule has 0 atom stereocenters. The summed E-state index contributed by atoms with van der Waals surface area (Å²) in [5.41, 5.74) is 8.74. The number of aromatic amines is 1. The van der Waals surface area contributed by atoms with E-state index in [1.807, 2.05) is 12.1 Å². The summed E-state index contributed by atoms with van der Waals surface area (Å²) < 4.78 is 5.56. The van der Waals surface area contributed by atoms with Crippen LogP contribution in [0.3, 0.4) is 0 Å². The Morgan fingerprint density at radius 2 is 1.52 bits per heavy atom. The van der Waals surface area contributed by atoms with Crippen molar-refractivity contribution in [1.82, 2.24) is 4.98 Å². The molecule has 1 heterocycles. The minimum absolute atomic E-state index is 0.132. The number of hydrogen-bond acceptors (Lipinski definition) is 2. The van der Waals surface area contributed by atoms with Crippen molar-refractivity contribution >= 4 is 5.97 Å². The molecule has 0 radical (unpaired) electrons. The zero-order valence-corrected chi connectivity index (χ0v) is 19.0. The molecule has 0 bridgehead atoms. The van der Waals surface area contributed by atoms with Crippen LogP contribution >= 0.6 is 0 Å². The fourth-order valence-electron chi connectivity index (χ4n) is 4.70. The monoisotopic (exact) mass is 417 g/mol. The zero-order valence-electron chi connectivity index (χ0n) is 19.0. The van der Waals surface area contributed by atoms with E-state index in [0.717, 1.165) is 17.0 Å². The number of rotatable bonds is 5. The molecule has 0 unspecified atom stereocenters. The van der Waals surface area contributed by atoms with Crippen molar-refractivity contribution in [2.24, 2.45) is 0 Å². The third-order valence-corrected chi connectivity index (χ3v) is 6.80. The van der Waals surface area contributed by atoms with Gasteiger partial charge in [0.25, 0.3) is 0 Å². The van der Waals surface area contributed by atoms with Crippen molar-refractivity contribution in [2.75, 3.05) is 7.11 Å². The Kier molecular flexibility index (Phi) is 5.30. The van der Waals surface area contributed by atoms with Gasteiger partial charge in [-0.25, -0.2) is 4.79 Å². The van der Waals surface area contributed by atoms with Crippen LogP contribution in [0.1, 0.15) is 67.6 Å². The summed E-state index contributed by atoms with van der Waals surface area (Å²) in [6.07, 6.45) is 2.35. The van der Waals surface area contributed by atoms with E-state index in [-0.39, 0.29) is 16.4 Å². The minimum atomic E-state index is -0.914. The van der Waals surface area contributed by atoms with Gasteiger partial charge in [0.2, 0.25) is 0 Å². The van der Waals surface area contributed by atoms with Crippen molar-refractivity contribution in [3.05, 3.63) is 70.8 Å². The van der Waals surface area contributed by atoms with Gasteiger partial charge in [-0.2, -0.15) is 0 Å². The molecular formula is C27H31NO3. The highest BCUT2D eigenvalue weighted by molar-refractivity contribution is 5.88. The number of H-pyrrole nitrogens is 1. The lowest BCUT2D eigenvalue weighted by molar-refractivity contribution is 0.0697. The summed E-state index contributed by atoms with van der Waals surface area (Å²) in [5, 5.41) is 9.14. The molecule has 4 rings (SSSR count). The second-order valence-corrected chi connectivity index (χ2v) is 9.92. The molecule has 0 spiro atoms. The molecule has 3 aromatic rings. The van der Waals surface area contributed by atoms with Gasteiger partial charge in [-0.05, 0) is 76.3 Å². The summed E-state index contributed by atoms with van der Waals surface area (Å²) in [7, 11) is 1.74. The van der Waals surface area contributed by atoms with Gasteiger partial charge in [-0.15, -0.1) is 0 Å². The lowest BCUT2D eigenvalue weighted by Crippen LogP contribution is -2.34. The molecule has 0 saturated heterocycles. The number of aromatic carboxylic acids is 1. The molecule has 1 aromatic heterocycles. The van der Waals surface area contributed by atoms with Crippen molar-refractivity contribution in [1.29, 1.82) is 0 Å². The van der Waals surface area contributed by atoms with Gasteiger partial charge in [0.1, 0.15) is 0 Å². The topological polar surface area (TPSA) is 62.3 Å². The molecule has 0 aliphatic heterocycles. The maximum absolute atomic E-state index is 11.1. The van der Waals surface area contributed by atoms with Crippen LogP contribution in [0.15, 0.2) is 48.5 Å². The summed E-state index contributed by atoms with van der Waals surface area (Å²) in [6.45, 7) is 9.91. The van der Waals surface area contributed by atoms with Crippen LogP contribution in [0, 0.1) is 0 Å². The van der Waals surface area contributed by atoms with Crippen LogP contribution in [0.25, 0.3) is 22.5 Å². The quantitative estimate of drug-likeness (QED) is 0.495. The fraction of sp³-hybridized carbons (Fsp3) is 0.370. The predicted molar refractivity (Wildman–Crippen MR) is 125 cm³/mol. The van der Waals surface area contributed by atoms with Gasteiger partial charge in [0, 0.05) is 24.1 Å². The smallest absolute Gasteiger partial charge is 0.335 e. The minimum Gasteiger partial charge on any atom is -0.478 e. The highest BCUT2D eigenvalue weighted by atomic mass is 16.5. The van der Waals surface area contributed by atoms with Gasteiger partial charge < -0.3 is 14.8 Å². The number of ether oxygens (including phenoxy) is 1. The first-order valence-electron chi connectivity index (χ1n) is 10.8. The highest BCUT2D eigenvalue weighted by Gasteiger charge is 2.37. The number of nitrogens with one attached hydrogen (secondary N) is 1. The standard InChI is InChI=1S/C27H31NO3/c1-26(2)12-13-27(3,4)22-15-20(19(16-31-5)14-21(22)26)24-11-10-23(28-24)17-6-8-18(9-7-17)25(29)30/h6-11,14-15,28H,12-13,16H2,1-5H3,(H,29,30). The van der Waals surface area contributed by atoms with E-state index in [0.29, 0.717) is 6.61 Å². The molecular weight excluding hydrogens is 386 g/mol. The molecule has 0 fully saturated rings. The molecule has 2 aromatic carbocycles. The number of fused-ring (bicyclic) bond motifs is 1. The van der Waals surface area contributed by atoms with Gasteiger partial charge in [0.15, 0.2) is 0 Å². The number of methoxy groups -OCH3 is 1. The maximum Gasteiger partial charge on any atom is 0.335 e. The number of carboxylic acids is 1. The number of benzene rings is 2. The largest absolute Gasteiger partial charge is 0.478 e. The average Bonchev–Trinajstić information content (AvgIpc) is 3.21. The lowest BCUT2D eigenvalue weighted by atomic mass is 9.62.